The van der Waals surface area contributed by atoms with E-state index in [-0.39, 0.29) is 6.10 Å². The van der Waals surface area contributed by atoms with Crippen molar-refractivity contribution in [2.75, 3.05) is 13.1 Å². The third kappa shape index (κ3) is 2.45. The van der Waals surface area contributed by atoms with Gasteiger partial charge in [-0.25, -0.2) is 0 Å². The molecule has 0 bridgehead atoms. The molecule has 1 saturated heterocycles. The van der Waals surface area contributed by atoms with Gasteiger partial charge in [0, 0.05) is 19.6 Å². The first-order valence-electron chi connectivity index (χ1n) is 7.23. The van der Waals surface area contributed by atoms with Gasteiger partial charge in [0.2, 0.25) is 0 Å². The van der Waals surface area contributed by atoms with Gasteiger partial charge in [-0.15, -0.1) is 0 Å². The molecule has 0 amide bonds. The summed E-state index contributed by atoms with van der Waals surface area (Å²) in [6.07, 6.45) is 4.68. The Bertz CT molecular complexity index is 429. The van der Waals surface area contributed by atoms with Crippen molar-refractivity contribution in [1.82, 2.24) is 4.90 Å². The van der Waals surface area contributed by atoms with Crippen molar-refractivity contribution in [1.29, 1.82) is 0 Å². The van der Waals surface area contributed by atoms with Crippen molar-refractivity contribution >= 4 is 0 Å². The molecule has 1 fully saturated rings. The number of likely N-dealkylation sites (tertiary alicyclic amines) is 1. The van der Waals surface area contributed by atoms with Crippen molar-refractivity contribution < 1.29 is 5.11 Å². The maximum absolute atomic E-state index is 9.76. The van der Waals surface area contributed by atoms with E-state index in [1.54, 1.807) is 11.1 Å². The highest BCUT2D eigenvalue weighted by molar-refractivity contribution is 5.35. The molecule has 2 unspecified atom stereocenters. The minimum absolute atomic E-state index is 0.0960. The average molecular weight is 245 g/mol. The highest BCUT2D eigenvalue weighted by Gasteiger charge is 2.24. The van der Waals surface area contributed by atoms with Crippen LogP contribution in [-0.2, 0) is 19.4 Å². The first-order valence-corrected chi connectivity index (χ1v) is 7.23. The molecule has 0 aromatic heterocycles. The Morgan fingerprint density at radius 3 is 2.94 bits per heavy atom. The lowest BCUT2D eigenvalue weighted by molar-refractivity contribution is 0.0320. The third-order valence-electron chi connectivity index (χ3n) is 4.51. The number of rotatable bonds is 2. The molecule has 1 aliphatic carbocycles. The summed E-state index contributed by atoms with van der Waals surface area (Å²) >= 11 is 0. The standard InChI is InChI=1S/C16H23NO/c1-12-10-17(8-7-16(12)18)11-13-5-6-14-3-2-4-15(14)9-13/h5-6,9,12,16,18H,2-4,7-8,10-11H2,1H3. The maximum atomic E-state index is 9.76. The predicted molar refractivity (Wildman–Crippen MR) is 73.5 cm³/mol. The topological polar surface area (TPSA) is 23.5 Å². The zero-order chi connectivity index (χ0) is 12.5. The Balaban J connectivity index is 1.66. The summed E-state index contributed by atoms with van der Waals surface area (Å²) in [5.74, 6) is 0.410. The van der Waals surface area contributed by atoms with Gasteiger partial charge < -0.3 is 5.11 Å². The van der Waals surface area contributed by atoms with Gasteiger partial charge in [0.05, 0.1) is 6.10 Å². The van der Waals surface area contributed by atoms with Gasteiger partial charge in [0.25, 0.3) is 0 Å². The summed E-state index contributed by atoms with van der Waals surface area (Å²) in [7, 11) is 0. The Morgan fingerprint density at radius 2 is 2.11 bits per heavy atom. The van der Waals surface area contributed by atoms with Crippen LogP contribution in [0.3, 0.4) is 0 Å². The van der Waals surface area contributed by atoms with Crippen LogP contribution in [-0.4, -0.2) is 29.2 Å². The Labute approximate surface area is 110 Å². The number of fused-ring (bicyclic) bond motifs is 1. The van der Waals surface area contributed by atoms with Gasteiger partial charge in [-0.3, -0.25) is 4.90 Å². The number of aliphatic hydroxyl groups is 1. The van der Waals surface area contributed by atoms with Crippen molar-refractivity contribution in [2.24, 2.45) is 5.92 Å². The lowest BCUT2D eigenvalue weighted by atomic mass is 9.96. The van der Waals surface area contributed by atoms with Crippen LogP contribution < -0.4 is 0 Å². The van der Waals surface area contributed by atoms with Gasteiger partial charge in [0.15, 0.2) is 0 Å². The molecular formula is C16H23NO. The summed E-state index contributed by atoms with van der Waals surface area (Å²) in [6.45, 7) is 5.25. The number of hydrogen-bond donors (Lipinski definition) is 1. The summed E-state index contributed by atoms with van der Waals surface area (Å²) < 4.78 is 0. The molecule has 18 heavy (non-hydrogen) atoms. The lowest BCUT2D eigenvalue weighted by Crippen LogP contribution is -2.41. The quantitative estimate of drug-likeness (QED) is 0.864. The number of nitrogens with zero attached hydrogens (tertiary/aromatic N) is 1. The van der Waals surface area contributed by atoms with E-state index in [1.165, 1.54) is 24.8 Å². The van der Waals surface area contributed by atoms with Gasteiger partial charge in [-0.1, -0.05) is 25.1 Å². The maximum Gasteiger partial charge on any atom is 0.0590 e. The molecule has 2 aliphatic rings. The highest BCUT2D eigenvalue weighted by atomic mass is 16.3. The molecule has 1 aromatic carbocycles. The molecule has 1 N–H and O–H groups in total. The number of aryl methyl sites for hydroxylation is 2. The SMILES string of the molecule is CC1CN(Cc2ccc3c(c2)CCC3)CCC1O. The van der Waals surface area contributed by atoms with Crippen molar-refractivity contribution in [3.8, 4) is 0 Å². The molecule has 2 atom stereocenters. The van der Waals surface area contributed by atoms with Crippen molar-refractivity contribution in [3.05, 3.63) is 34.9 Å². The van der Waals surface area contributed by atoms with Gasteiger partial charge in [-0.2, -0.15) is 0 Å². The van der Waals surface area contributed by atoms with Gasteiger partial charge >= 0.3 is 0 Å². The second-order valence-corrected chi connectivity index (χ2v) is 6.03. The molecule has 2 nitrogen and oxygen atoms in total. The zero-order valence-corrected chi connectivity index (χ0v) is 11.2. The Hall–Kier alpha value is -0.860. The summed E-state index contributed by atoms with van der Waals surface area (Å²) in [5, 5.41) is 9.76. The van der Waals surface area contributed by atoms with E-state index in [2.05, 4.69) is 30.0 Å². The molecule has 0 radical (unpaired) electrons. The average Bonchev–Trinajstić information content (AvgIpc) is 2.81. The van der Waals surface area contributed by atoms with Crippen LogP contribution >= 0.6 is 0 Å². The van der Waals surface area contributed by atoms with E-state index in [1.807, 2.05) is 0 Å². The van der Waals surface area contributed by atoms with Crippen LogP contribution in [0.1, 0.15) is 36.5 Å². The minimum Gasteiger partial charge on any atom is -0.393 e. The first kappa shape index (κ1) is 12.2. The molecule has 1 aromatic rings. The highest BCUT2D eigenvalue weighted by Crippen LogP contribution is 2.24. The number of hydrogen-bond acceptors (Lipinski definition) is 2. The molecule has 1 heterocycles. The lowest BCUT2D eigenvalue weighted by Gasteiger charge is -2.34. The smallest absolute Gasteiger partial charge is 0.0590 e. The van der Waals surface area contributed by atoms with Crippen LogP contribution in [0.25, 0.3) is 0 Å². The summed E-state index contributed by atoms with van der Waals surface area (Å²) in [5.41, 5.74) is 4.57. The fourth-order valence-electron chi connectivity index (χ4n) is 3.34. The minimum atomic E-state index is -0.0960. The predicted octanol–water partition coefficient (Wildman–Crippen LogP) is 2.38. The molecule has 0 saturated carbocycles. The third-order valence-corrected chi connectivity index (χ3v) is 4.51. The van der Waals surface area contributed by atoms with E-state index in [4.69, 9.17) is 0 Å². The molecular weight excluding hydrogens is 222 g/mol. The van der Waals surface area contributed by atoms with E-state index < -0.39 is 0 Å². The van der Waals surface area contributed by atoms with Crippen LogP contribution in [0, 0.1) is 5.92 Å². The second-order valence-electron chi connectivity index (χ2n) is 6.03. The van der Waals surface area contributed by atoms with Gasteiger partial charge in [0.1, 0.15) is 0 Å². The van der Waals surface area contributed by atoms with Gasteiger partial charge in [-0.05, 0) is 48.3 Å². The monoisotopic (exact) mass is 245 g/mol. The van der Waals surface area contributed by atoms with Crippen LogP contribution in [0.5, 0.6) is 0 Å². The molecule has 1 aliphatic heterocycles. The molecule has 0 spiro atoms. The fourth-order valence-corrected chi connectivity index (χ4v) is 3.34. The summed E-state index contributed by atoms with van der Waals surface area (Å²) in [4.78, 5) is 2.48. The molecule has 2 heteroatoms. The number of piperidine rings is 1. The van der Waals surface area contributed by atoms with Crippen LogP contribution in [0.2, 0.25) is 0 Å². The fraction of sp³-hybridized carbons (Fsp3) is 0.625. The van der Waals surface area contributed by atoms with E-state index in [0.717, 1.165) is 26.1 Å². The normalized spacial score (nSPS) is 28.3. The van der Waals surface area contributed by atoms with Crippen molar-refractivity contribution in [3.63, 3.8) is 0 Å². The molecule has 3 rings (SSSR count). The largest absolute Gasteiger partial charge is 0.393 e. The van der Waals surface area contributed by atoms with E-state index >= 15 is 0 Å². The first-order chi connectivity index (χ1) is 8.72. The molecule has 98 valence electrons. The zero-order valence-electron chi connectivity index (χ0n) is 11.2. The second kappa shape index (κ2) is 5.02. The van der Waals surface area contributed by atoms with Crippen LogP contribution in [0.4, 0.5) is 0 Å². The Kier molecular flexibility index (Phi) is 3.40. The number of aliphatic hydroxyl groups excluding tert-OH is 1. The van der Waals surface area contributed by atoms with Crippen molar-refractivity contribution in [2.45, 2.75) is 45.3 Å². The van der Waals surface area contributed by atoms with Crippen LogP contribution in [0.15, 0.2) is 18.2 Å². The Morgan fingerprint density at radius 1 is 1.28 bits per heavy atom. The van der Waals surface area contributed by atoms with E-state index in [0.29, 0.717) is 5.92 Å². The van der Waals surface area contributed by atoms with E-state index in [9.17, 15) is 5.11 Å². The number of benzene rings is 1. The summed E-state index contributed by atoms with van der Waals surface area (Å²) in [6, 6.07) is 7.01.